The third-order valence-electron chi connectivity index (χ3n) is 3.23. The van der Waals surface area contributed by atoms with Gasteiger partial charge in [0, 0.05) is 19.2 Å². The molecule has 1 fully saturated rings. The normalized spacial score (nSPS) is 18.0. The fourth-order valence-electron chi connectivity index (χ4n) is 2.00. The Bertz CT molecular complexity index is 574. The summed E-state index contributed by atoms with van der Waals surface area (Å²) in [5.41, 5.74) is 0.613. The van der Waals surface area contributed by atoms with E-state index >= 15 is 0 Å². The van der Waals surface area contributed by atoms with Gasteiger partial charge in [-0.05, 0) is 13.8 Å². The predicted molar refractivity (Wildman–Crippen MR) is 70.7 cm³/mol. The summed E-state index contributed by atoms with van der Waals surface area (Å²) in [5, 5.41) is 2.55. The van der Waals surface area contributed by atoms with Crippen LogP contribution in [0.2, 0.25) is 0 Å². The molecule has 1 aromatic rings. The summed E-state index contributed by atoms with van der Waals surface area (Å²) < 4.78 is 34.5. The number of carbonyl (C=O) groups excluding carboxylic acids is 1. The monoisotopic (exact) mass is 302 g/mol. The van der Waals surface area contributed by atoms with Crippen LogP contribution in [-0.2, 0) is 25.1 Å². The van der Waals surface area contributed by atoms with Gasteiger partial charge in [0.25, 0.3) is 0 Å². The van der Waals surface area contributed by atoms with Gasteiger partial charge in [0.15, 0.2) is 15.6 Å². The lowest BCUT2D eigenvalue weighted by Gasteiger charge is -2.29. The zero-order valence-corrected chi connectivity index (χ0v) is 12.4. The quantitative estimate of drug-likeness (QED) is 0.786. The topological polar surface area (TPSA) is 89.7 Å². The van der Waals surface area contributed by atoms with Crippen molar-refractivity contribution in [1.29, 1.82) is 0 Å². The number of ether oxygens (including phenoxy) is 1. The Morgan fingerprint density at radius 1 is 1.45 bits per heavy atom. The van der Waals surface area contributed by atoms with Crippen LogP contribution in [0.4, 0.5) is 0 Å². The Morgan fingerprint density at radius 3 is 2.65 bits per heavy atom. The number of carbonyl (C=O) groups is 1. The third kappa shape index (κ3) is 3.37. The van der Waals surface area contributed by atoms with E-state index in [9.17, 15) is 13.2 Å². The Hall–Kier alpha value is -1.41. The van der Waals surface area contributed by atoms with Gasteiger partial charge in [-0.2, -0.15) is 0 Å². The van der Waals surface area contributed by atoms with Gasteiger partial charge in [-0.1, -0.05) is 5.16 Å². The molecule has 1 amide bonds. The van der Waals surface area contributed by atoms with Crippen molar-refractivity contribution < 1.29 is 22.5 Å². The van der Waals surface area contributed by atoms with Gasteiger partial charge < -0.3 is 14.2 Å². The van der Waals surface area contributed by atoms with Crippen LogP contribution in [0.1, 0.15) is 18.4 Å². The van der Waals surface area contributed by atoms with E-state index in [0.717, 1.165) is 0 Å². The summed E-state index contributed by atoms with van der Waals surface area (Å²) in [6, 6.07) is 1.56. The maximum atomic E-state index is 12.2. The molecule has 1 saturated heterocycles. The molecule has 2 heterocycles. The largest absolute Gasteiger partial charge is 0.378 e. The molecule has 1 aliphatic heterocycles. The predicted octanol–water partition coefficient (Wildman–Crippen LogP) is 0.145. The highest BCUT2D eigenvalue weighted by molar-refractivity contribution is 7.92. The first-order valence-electron chi connectivity index (χ1n) is 6.40. The summed E-state index contributed by atoms with van der Waals surface area (Å²) in [6.45, 7) is 4.87. The number of hydrogen-bond donors (Lipinski definition) is 0. The number of amides is 1. The summed E-state index contributed by atoms with van der Waals surface area (Å²) in [7, 11) is -3.61. The van der Waals surface area contributed by atoms with Crippen molar-refractivity contribution in [3.63, 3.8) is 0 Å². The van der Waals surface area contributed by atoms with E-state index in [1.165, 1.54) is 11.8 Å². The second-order valence-corrected chi connectivity index (χ2v) is 7.14. The van der Waals surface area contributed by atoms with Gasteiger partial charge in [0.1, 0.15) is 11.0 Å². The summed E-state index contributed by atoms with van der Waals surface area (Å²) in [5.74, 6) is -0.445. The van der Waals surface area contributed by atoms with Crippen molar-refractivity contribution in [3.05, 3.63) is 17.5 Å². The van der Waals surface area contributed by atoms with Crippen LogP contribution in [0.15, 0.2) is 10.6 Å². The zero-order valence-electron chi connectivity index (χ0n) is 11.5. The molecular weight excluding hydrogens is 284 g/mol. The number of nitrogens with zero attached hydrogens (tertiary/aromatic N) is 2. The minimum absolute atomic E-state index is 0.254. The van der Waals surface area contributed by atoms with Crippen LogP contribution in [0.3, 0.4) is 0 Å². The SMILES string of the molecule is Cc1cc(CS(=O)(=O)C(C)C(=O)N2CCOCC2)on1. The molecule has 0 saturated carbocycles. The van der Waals surface area contributed by atoms with Crippen molar-refractivity contribution >= 4 is 15.7 Å². The van der Waals surface area contributed by atoms with Crippen LogP contribution in [0.5, 0.6) is 0 Å². The van der Waals surface area contributed by atoms with Crippen LogP contribution >= 0.6 is 0 Å². The lowest BCUT2D eigenvalue weighted by Crippen LogP contribution is -2.47. The van der Waals surface area contributed by atoms with E-state index < -0.39 is 15.1 Å². The third-order valence-corrected chi connectivity index (χ3v) is 5.20. The maximum Gasteiger partial charge on any atom is 0.240 e. The van der Waals surface area contributed by atoms with Crippen LogP contribution in [0, 0.1) is 6.92 Å². The molecule has 20 heavy (non-hydrogen) atoms. The molecule has 7 nitrogen and oxygen atoms in total. The molecule has 0 aliphatic carbocycles. The fourth-order valence-corrected chi connectivity index (χ4v) is 3.24. The zero-order chi connectivity index (χ0) is 14.8. The number of rotatable bonds is 4. The van der Waals surface area contributed by atoms with E-state index in [-0.39, 0.29) is 17.4 Å². The second kappa shape index (κ2) is 5.92. The first kappa shape index (κ1) is 15.0. The first-order valence-corrected chi connectivity index (χ1v) is 8.12. The molecule has 112 valence electrons. The first-order chi connectivity index (χ1) is 9.40. The lowest BCUT2D eigenvalue weighted by atomic mass is 10.3. The Morgan fingerprint density at radius 2 is 2.10 bits per heavy atom. The number of hydrogen-bond acceptors (Lipinski definition) is 6. The molecule has 0 N–H and O–H groups in total. The second-order valence-electron chi connectivity index (χ2n) is 4.82. The molecule has 1 aliphatic rings. The maximum absolute atomic E-state index is 12.2. The van der Waals surface area contributed by atoms with Gasteiger partial charge in [-0.15, -0.1) is 0 Å². The van der Waals surface area contributed by atoms with Crippen molar-refractivity contribution in [2.75, 3.05) is 26.3 Å². The smallest absolute Gasteiger partial charge is 0.240 e. The molecule has 0 radical (unpaired) electrons. The highest BCUT2D eigenvalue weighted by atomic mass is 32.2. The standard InChI is InChI=1S/C12H18N2O5S/c1-9-7-11(19-13-9)8-20(16,17)10(2)12(15)14-3-5-18-6-4-14/h7,10H,3-6,8H2,1-2H3. The number of aryl methyl sites for hydroxylation is 1. The number of morpholine rings is 1. The highest BCUT2D eigenvalue weighted by Gasteiger charge is 2.33. The van der Waals surface area contributed by atoms with Crippen molar-refractivity contribution in [2.45, 2.75) is 24.9 Å². The Kier molecular flexibility index (Phi) is 4.44. The van der Waals surface area contributed by atoms with Gasteiger partial charge in [0.05, 0.1) is 18.9 Å². The van der Waals surface area contributed by atoms with Crippen molar-refractivity contribution in [1.82, 2.24) is 10.1 Å². The molecule has 8 heteroatoms. The van der Waals surface area contributed by atoms with E-state index in [2.05, 4.69) is 5.16 Å². The molecule has 0 bridgehead atoms. The van der Waals surface area contributed by atoms with Crippen LogP contribution < -0.4 is 0 Å². The van der Waals surface area contributed by atoms with Gasteiger partial charge in [0.2, 0.25) is 5.91 Å². The van der Waals surface area contributed by atoms with Gasteiger partial charge in [-0.25, -0.2) is 8.42 Å². The molecular formula is C12H18N2O5S. The Balaban J connectivity index is 2.06. The minimum Gasteiger partial charge on any atom is -0.378 e. The molecule has 1 aromatic heterocycles. The Labute approximate surface area is 117 Å². The summed E-state index contributed by atoms with van der Waals surface area (Å²) in [6.07, 6.45) is 0. The average Bonchev–Trinajstić information content (AvgIpc) is 2.82. The van der Waals surface area contributed by atoms with E-state index in [4.69, 9.17) is 9.26 Å². The number of aromatic nitrogens is 1. The van der Waals surface area contributed by atoms with Crippen molar-refractivity contribution in [2.24, 2.45) is 0 Å². The van der Waals surface area contributed by atoms with Crippen molar-refractivity contribution in [3.8, 4) is 0 Å². The molecule has 0 spiro atoms. The average molecular weight is 302 g/mol. The minimum atomic E-state index is -3.61. The summed E-state index contributed by atoms with van der Waals surface area (Å²) in [4.78, 5) is 13.7. The molecule has 1 unspecified atom stereocenters. The molecule has 0 aromatic carbocycles. The lowest BCUT2D eigenvalue weighted by molar-refractivity contribution is -0.134. The van der Waals surface area contributed by atoms with Gasteiger partial charge in [-0.3, -0.25) is 4.79 Å². The molecule has 1 atom stereocenters. The fraction of sp³-hybridized carbons (Fsp3) is 0.667. The highest BCUT2D eigenvalue weighted by Crippen LogP contribution is 2.15. The molecule has 2 rings (SSSR count). The van der Waals surface area contributed by atoms with Crippen LogP contribution in [0.25, 0.3) is 0 Å². The number of sulfone groups is 1. The van der Waals surface area contributed by atoms with E-state index in [1.54, 1.807) is 13.0 Å². The van der Waals surface area contributed by atoms with Crippen LogP contribution in [-0.4, -0.2) is 55.9 Å². The van der Waals surface area contributed by atoms with Gasteiger partial charge >= 0.3 is 0 Å². The van der Waals surface area contributed by atoms with E-state index in [0.29, 0.717) is 32.0 Å². The summed E-state index contributed by atoms with van der Waals surface area (Å²) >= 11 is 0. The van der Waals surface area contributed by atoms with E-state index in [1.807, 2.05) is 0 Å².